The van der Waals surface area contributed by atoms with Crippen LogP contribution in [-0.4, -0.2) is 49.9 Å². The Hall–Kier alpha value is -1.63. The molecule has 7 nitrogen and oxygen atoms in total. The van der Waals surface area contributed by atoms with Gasteiger partial charge in [0.25, 0.3) is 0 Å². The molecule has 0 saturated heterocycles. The molecule has 0 aliphatic heterocycles. The molecule has 0 fully saturated rings. The lowest BCUT2D eigenvalue weighted by Gasteiger charge is -2.28. The summed E-state index contributed by atoms with van der Waals surface area (Å²) in [4.78, 5) is 36.8. The minimum Gasteiger partial charge on any atom is -0.465 e. The fourth-order valence-electron chi connectivity index (χ4n) is 3.28. The summed E-state index contributed by atoms with van der Waals surface area (Å²) in [5.74, 6) is -0.278. The van der Waals surface area contributed by atoms with E-state index in [1.54, 1.807) is 20.8 Å². The number of carbonyl (C=O) groups excluding carboxylic acids is 3. The van der Waals surface area contributed by atoms with Crippen LogP contribution in [0.2, 0.25) is 0 Å². The predicted molar refractivity (Wildman–Crippen MR) is 133 cm³/mol. The molecule has 200 valence electrons. The van der Waals surface area contributed by atoms with Gasteiger partial charge in [0, 0.05) is 6.42 Å². The molecule has 0 aromatic heterocycles. The third-order valence-corrected chi connectivity index (χ3v) is 5.26. The van der Waals surface area contributed by atoms with Gasteiger partial charge in [-0.25, -0.2) is 0 Å². The maximum Gasteiger partial charge on any atom is 0.317 e. The van der Waals surface area contributed by atoms with Crippen LogP contribution in [0.3, 0.4) is 0 Å². The number of unbranched alkanes of at least 4 members (excludes halogenated alkanes) is 2. The summed E-state index contributed by atoms with van der Waals surface area (Å²) in [5, 5.41) is 0. The van der Waals surface area contributed by atoms with Crippen LogP contribution in [0.1, 0.15) is 101 Å². The van der Waals surface area contributed by atoms with Gasteiger partial charge < -0.3 is 18.9 Å². The SMILES string of the molecule is CC(C)CC(CC(C)C)OC(=O)CCCCCOC(=O)C(C)(COC(=O)C(C)C)COC(C)C. The van der Waals surface area contributed by atoms with Crippen molar-refractivity contribution in [2.24, 2.45) is 23.2 Å². The number of ether oxygens (including phenoxy) is 4. The van der Waals surface area contributed by atoms with Crippen molar-refractivity contribution in [3.8, 4) is 0 Å². The van der Waals surface area contributed by atoms with Crippen LogP contribution in [-0.2, 0) is 33.3 Å². The third kappa shape index (κ3) is 15.3. The molecule has 0 spiro atoms. The normalized spacial score (nSPS) is 13.6. The van der Waals surface area contributed by atoms with Gasteiger partial charge in [-0.3, -0.25) is 14.4 Å². The first-order valence-electron chi connectivity index (χ1n) is 12.9. The predicted octanol–water partition coefficient (Wildman–Crippen LogP) is 5.72. The van der Waals surface area contributed by atoms with Crippen molar-refractivity contribution in [3.63, 3.8) is 0 Å². The standard InChI is InChI=1S/C27H50O7/c1-19(2)15-23(16-20(3)4)34-24(28)13-11-10-12-14-31-26(30)27(9,17-32-22(7)8)18-33-25(29)21(5)6/h19-23H,10-18H2,1-9H3. The molecule has 0 aliphatic carbocycles. The minimum absolute atomic E-state index is 0.0241. The summed E-state index contributed by atoms with van der Waals surface area (Å²) in [5.41, 5.74) is -1.07. The summed E-state index contributed by atoms with van der Waals surface area (Å²) >= 11 is 0. The Labute approximate surface area is 207 Å². The zero-order valence-electron chi connectivity index (χ0n) is 23.1. The van der Waals surface area contributed by atoms with Crippen molar-refractivity contribution in [1.82, 2.24) is 0 Å². The Bertz CT molecular complexity index is 588. The molecule has 0 radical (unpaired) electrons. The monoisotopic (exact) mass is 486 g/mol. The van der Waals surface area contributed by atoms with Crippen LogP contribution in [0.5, 0.6) is 0 Å². The molecule has 0 bridgehead atoms. The topological polar surface area (TPSA) is 88.1 Å². The highest BCUT2D eigenvalue weighted by Gasteiger charge is 2.37. The minimum atomic E-state index is -1.07. The van der Waals surface area contributed by atoms with Gasteiger partial charge in [-0.05, 0) is 64.7 Å². The van der Waals surface area contributed by atoms with E-state index in [0.717, 1.165) is 19.3 Å². The molecule has 0 aromatic rings. The lowest BCUT2D eigenvalue weighted by atomic mass is 9.93. The lowest BCUT2D eigenvalue weighted by Crippen LogP contribution is -2.41. The molecule has 0 aliphatic rings. The van der Waals surface area contributed by atoms with Gasteiger partial charge in [0.2, 0.25) is 0 Å². The zero-order valence-corrected chi connectivity index (χ0v) is 23.1. The Morgan fingerprint density at radius 3 is 1.85 bits per heavy atom. The van der Waals surface area contributed by atoms with Gasteiger partial charge in [0.1, 0.15) is 18.1 Å². The first-order valence-corrected chi connectivity index (χ1v) is 12.9. The Morgan fingerprint density at radius 2 is 1.35 bits per heavy atom. The number of esters is 3. The quantitative estimate of drug-likeness (QED) is 0.139. The molecule has 0 aromatic carbocycles. The van der Waals surface area contributed by atoms with Crippen molar-refractivity contribution < 1.29 is 33.3 Å². The van der Waals surface area contributed by atoms with E-state index in [1.165, 1.54) is 0 Å². The van der Waals surface area contributed by atoms with E-state index in [0.29, 0.717) is 31.1 Å². The maximum atomic E-state index is 12.7. The fraction of sp³-hybridized carbons (Fsp3) is 0.889. The number of rotatable bonds is 18. The zero-order chi connectivity index (χ0) is 26.3. The average molecular weight is 487 g/mol. The Kier molecular flexibility index (Phi) is 16.1. The molecule has 0 rings (SSSR count). The van der Waals surface area contributed by atoms with Crippen molar-refractivity contribution >= 4 is 17.9 Å². The molecule has 0 heterocycles. The molecule has 1 unspecified atom stereocenters. The average Bonchev–Trinajstić information content (AvgIpc) is 2.71. The molecular formula is C27H50O7. The number of hydrogen-bond acceptors (Lipinski definition) is 7. The highest BCUT2D eigenvalue weighted by molar-refractivity contribution is 5.78. The summed E-state index contributed by atoms with van der Waals surface area (Å²) in [6, 6.07) is 0. The Morgan fingerprint density at radius 1 is 0.765 bits per heavy atom. The summed E-state index contributed by atoms with van der Waals surface area (Å²) < 4.78 is 22.1. The van der Waals surface area contributed by atoms with Gasteiger partial charge >= 0.3 is 17.9 Å². The first-order chi connectivity index (χ1) is 15.8. The van der Waals surface area contributed by atoms with Gasteiger partial charge in [0.05, 0.1) is 25.2 Å². The van der Waals surface area contributed by atoms with E-state index in [9.17, 15) is 14.4 Å². The summed E-state index contributed by atoms with van der Waals surface area (Å²) in [6.07, 6.45) is 4.13. The van der Waals surface area contributed by atoms with Crippen molar-refractivity contribution in [2.45, 2.75) is 113 Å². The highest BCUT2D eigenvalue weighted by atomic mass is 16.6. The van der Waals surface area contributed by atoms with E-state index in [4.69, 9.17) is 18.9 Å². The van der Waals surface area contributed by atoms with Crippen LogP contribution in [0.25, 0.3) is 0 Å². The molecule has 34 heavy (non-hydrogen) atoms. The smallest absolute Gasteiger partial charge is 0.317 e. The number of hydrogen-bond donors (Lipinski definition) is 0. The number of carbonyl (C=O) groups is 3. The van der Waals surface area contributed by atoms with Gasteiger partial charge in [0.15, 0.2) is 0 Å². The van der Waals surface area contributed by atoms with E-state index in [2.05, 4.69) is 27.7 Å². The van der Waals surface area contributed by atoms with Crippen molar-refractivity contribution in [3.05, 3.63) is 0 Å². The molecule has 7 heteroatoms. The summed E-state index contributed by atoms with van der Waals surface area (Å²) in [7, 11) is 0. The van der Waals surface area contributed by atoms with Crippen molar-refractivity contribution in [2.75, 3.05) is 19.8 Å². The lowest BCUT2D eigenvalue weighted by molar-refractivity contribution is -0.169. The van der Waals surface area contributed by atoms with Gasteiger partial charge in [-0.1, -0.05) is 41.5 Å². The fourth-order valence-corrected chi connectivity index (χ4v) is 3.28. The maximum absolute atomic E-state index is 12.7. The second-order valence-electron chi connectivity index (χ2n) is 11.0. The Balaban J connectivity index is 4.45. The summed E-state index contributed by atoms with van der Waals surface area (Å²) in [6.45, 7) is 17.7. The van der Waals surface area contributed by atoms with E-state index < -0.39 is 11.4 Å². The van der Waals surface area contributed by atoms with Crippen LogP contribution in [0.15, 0.2) is 0 Å². The van der Waals surface area contributed by atoms with Crippen LogP contribution in [0.4, 0.5) is 0 Å². The van der Waals surface area contributed by atoms with Gasteiger partial charge in [-0.15, -0.1) is 0 Å². The van der Waals surface area contributed by atoms with Crippen LogP contribution >= 0.6 is 0 Å². The second kappa shape index (κ2) is 16.9. The highest BCUT2D eigenvalue weighted by Crippen LogP contribution is 2.22. The molecular weight excluding hydrogens is 436 g/mol. The van der Waals surface area contributed by atoms with E-state index in [1.807, 2.05) is 13.8 Å². The van der Waals surface area contributed by atoms with Crippen LogP contribution < -0.4 is 0 Å². The largest absolute Gasteiger partial charge is 0.465 e. The third-order valence-electron chi connectivity index (χ3n) is 5.26. The second-order valence-corrected chi connectivity index (χ2v) is 11.0. The molecule has 0 amide bonds. The molecule has 0 saturated carbocycles. The van der Waals surface area contributed by atoms with E-state index >= 15 is 0 Å². The van der Waals surface area contributed by atoms with Crippen LogP contribution in [0, 0.1) is 23.2 Å². The van der Waals surface area contributed by atoms with Gasteiger partial charge in [-0.2, -0.15) is 0 Å². The van der Waals surface area contributed by atoms with Crippen molar-refractivity contribution in [1.29, 1.82) is 0 Å². The molecule has 1 atom stereocenters. The van der Waals surface area contributed by atoms with E-state index in [-0.39, 0.29) is 49.9 Å². The first kappa shape index (κ1) is 32.4. The molecule has 0 N–H and O–H groups in total.